The Labute approximate surface area is 109 Å². The quantitative estimate of drug-likeness (QED) is 0.632. The molecule has 0 unspecified atom stereocenters. The lowest BCUT2D eigenvalue weighted by Crippen LogP contribution is -2.32. The third kappa shape index (κ3) is 2.03. The first-order valence-electron chi connectivity index (χ1n) is 5.56. The topological polar surface area (TPSA) is 38.7 Å². The van der Waals surface area contributed by atoms with Gasteiger partial charge in [-0.15, -0.1) is 0 Å². The SMILES string of the molecule is COc1cc(C2(N=C=O)CCC2)c(Br)cc1C. The Morgan fingerprint density at radius 1 is 1.47 bits per heavy atom. The van der Waals surface area contributed by atoms with E-state index in [1.54, 1.807) is 13.2 Å². The highest BCUT2D eigenvalue weighted by atomic mass is 79.9. The van der Waals surface area contributed by atoms with E-state index >= 15 is 0 Å². The van der Waals surface area contributed by atoms with Crippen molar-refractivity contribution in [1.82, 2.24) is 0 Å². The number of halogens is 1. The van der Waals surface area contributed by atoms with E-state index in [2.05, 4.69) is 20.9 Å². The molecule has 0 aromatic heterocycles. The van der Waals surface area contributed by atoms with E-state index in [0.29, 0.717) is 0 Å². The van der Waals surface area contributed by atoms with Gasteiger partial charge in [-0.25, -0.2) is 4.79 Å². The summed E-state index contributed by atoms with van der Waals surface area (Å²) < 4.78 is 6.30. The second kappa shape index (κ2) is 4.63. The van der Waals surface area contributed by atoms with Crippen LogP contribution in [0.15, 0.2) is 21.6 Å². The lowest BCUT2D eigenvalue weighted by Gasteiger charge is -2.38. The zero-order valence-electron chi connectivity index (χ0n) is 9.92. The summed E-state index contributed by atoms with van der Waals surface area (Å²) in [6, 6.07) is 3.98. The van der Waals surface area contributed by atoms with Crippen molar-refractivity contribution in [3.05, 3.63) is 27.7 Å². The first kappa shape index (κ1) is 12.3. The van der Waals surface area contributed by atoms with Gasteiger partial charge in [0.2, 0.25) is 6.08 Å². The van der Waals surface area contributed by atoms with Gasteiger partial charge in [0.05, 0.1) is 12.6 Å². The molecule has 0 atom stereocenters. The Kier molecular flexibility index (Phi) is 3.36. The molecule has 1 aromatic rings. The maximum atomic E-state index is 10.6. The summed E-state index contributed by atoms with van der Waals surface area (Å²) in [7, 11) is 1.65. The summed E-state index contributed by atoms with van der Waals surface area (Å²) in [6.07, 6.45) is 4.58. The van der Waals surface area contributed by atoms with Crippen molar-refractivity contribution in [3.8, 4) is 5.75 Å². The molecule has 0 bridgehead atoms. The second-order valence-electron chi connectivity index (χ2n) is 4.39. The summed E-state index contributed by atoms with van der Waals surface area (Å²) in [4.78, 5) is 14.6. The number of carbonyl (C=O) groups excluding carboxylic acids is 1. The number of nitrogens with zero attached hydrogens (tertiary/aromatic N) is 1. The number of hydrogen-bond donors (Lipinski definition) is 0. The van der Waals surface area contributed by atoms with Crippen molar-refractivity contribution in [2.75, 3.05) is 7.11 Å². The lowest BCUT2D eigenvalue weighted by atomic mass is 9.72. The van der Waals surface area contributed by atoms with Crippen LogP contribution in [0.2, 0.25) is 0 Å². The van der Waals surface area contributed by atoms with Crippen LogP contribution in [0.4, 0.5) is 0 Å². The lowest BCUT2D eigenvalue weighted by molar-refractivity contribution is 0.253. The number of rotatable bonds is 3. The van der Waals surface area contributed by atoms with Gasteiger partial charge in [0.1, 0.15) is 5.75 Å². The molecular formula is C13H14BrNO2. The van der Waals surface area contributed by atoms with E-state index in [4.69, 9.17) is 4.74 Å². The molecule has 0 N–H and O–H groups in total. The van der Waals surface area contributed by atoms with Crippen LogP contribution in [0.25, 0.3) is 0 Å². The van der Waals surface area contributed by atoms with E-state index in [-0.39, 0.29) is 5.54 Å². The molecular weight excluding hydrogens is 282 g/mol. The maximum Gasteiger partial charge on any atom is 0.235 e. The van der Waals surface area contributed by atoms with E-state index in [9.17, 15) is 4.79 Å². The van der Waals surface area contributed by atoms with Crippen molar-refractivity contribution >= 4 is 22.0 Å². The summed E-state index contributed by atoms with van der Waals surface area (Å²) in [5.41, 5.74) is 1.70. The molecule has 1 fully saturated rings. The third-order valence-corrected chi connectivity index (χ3v) is 4.08. The van der Waals surface area contributed by atoms with Crippen LogP contribution in [0.1, 0.15) is 30.4 Å². The van der Waals surface area contributed by atoms with Crippen LogP contribution in [-0.2, 0) is 10.3 Å². The Balaban J connectivity index is 2.54. The van der Waals surface area contributed by atoms with Crippen molar-refractivity contribution in [2.45, 2.75) is 31.7 Å². The van der Waals surface area contributed by atoms with Gasteiger partial charge in [-0.3, -0.25) is 0 Å². The number of ether oxygens (including phenoxy) is 1. The fourth-order valence-electron chi connectivity index (χ4n) is 2.27. The zero-order chi connectivity index (χ0) is 12.5. The van der Waals surface area contributed by atoms with Crippen molar-refractivity contribution in [3.63, 3.8) is 0 Å². The molecule has 1 aliphatic rings. The minimum absolute atomic E-state index is 0.387. The molecule has 0 amide bonds. The summed E-state index contributed by atoms with van der Waals surface area (Å²) >= 11 is 3.55. The second-order valence-corrected chi connectivity index (χ2v) is 5.24. The van der Waals surface area contributed by atoms with E-state index < -0.39 is 0 Å². The van der Waals surface area contributed by atoms with Gasteiger partial charge in [-0.2, -0.15) is 4.99 Å². The predicted molar refractivity (Wildman–Crippen MR) is 69.1 cm³/mol. The van der Waals surface area contributed by atoms with Gasteiger partial charge < -0.3 is 4.74 Å². The van der Waals surface area contributed by atoms with Crippen LogP contribution in [-0.4, -0.2) is 13.2 Å². The minimum Gasteiger partial charge on any atom is -0.496 e. The van der Waals surface area contributed by atoms with E-state index in [1.807, 2.05) is 19.1 Å². The van der Waals surface area contributed by atoms with Gasteiger partial charge in [0.15, 0.2) is 0 Å². The fraction of sp³-hybridized carbons (Fsp3) is 0.462. The molecule has 0 heterocycles. The number of aliphatic imine (C=N–C) groups is 1. The summed E-state index contributed by atoms with van der Waals surface area (Å²) in [6.45, 7) is 1.99. The zero-order valence-corrected chi connectivity index (χ0v) is 11.5. The van der Waals surface area contributed by atoms with Crippen molar-refractivity contribution in [2.24, 2.45) is 4.99 Å². The molecule has 0 spiro atoms. The van der Waals surface area contributed by atoms with E-state index in [0.717, 1.165) is 40.6 Å². The molecule has 1 saturated carbocycles. The third-order valence-electron chi connectivity index (χ3n) is 3.43. The van der Waals surface area contributed by atoms with Crippen LogP contribution in [0.3, 0.4) is 0 Å². The molecule has 3 nitrogen and oxygen atoms in total. The Morgan fingerprint density at radius 3 is 2.65 bits per heavy atom. The van der Waals surface area contributed by atoms with Crippen LogP contribution >= 0.6 is 15.9 Å². The number of isocyanates is 1. The molecule has 1 aromatic carbocycles. The number of hydrogen-bond acceptors (Lipinski definition) is 3. The first-order valence-corrected chi connectivity index (χ1v) is 6.36. The normalized spacial score (nSPS) is 16.9. The van der Waals surface area contributed by atoms with Crippen LogP contribution in [0, 0.1) is 6.92 Å². The minimum atomic E-state index is -0.387. The van der Waals surface area contributed by atoms with Gasteiger partial charge in [-0.05, 0) is 49.4 Å². The molecule has 1 aliphatic carbocycles. The monoisotopic (exact) mass is 295 g/mol. The smallest absolute Gasteiger partial charge is 0.235 e. The highest BCUT2D eigenvalue weighted by Gasteiger charge is 2.40. The molecule has 17 heavy (non-hydrogen) atoms. The maximum absolute atomic E-state index is 10.6. The average Bonchev–Trinajstić information content (AvgIpc) is 2.24. The molecule has 0 radical (unpaired) electrons. The van der Waals surface area contributed by atoms with Gasteiger partial charge in [0, 0.05) is 4.47 Å². The fourth-order valence-corrected chi connectivity index (χ4v) is 3.10. The van der Waals surface area contributed by atoms with Crippen LogP contribution < -0.4 is 4.74 Å². The molecule has 2 rings (SSSR count). The Morgan fingerprint density at radius 2 is 2.18 bits per heavy atom. The Hall–Kier alpha value is -1.12. The largest absolute Gasteiger partial charge is 0.496 e. The highest BCUT2D eigenvalue weighted by molar-refractivity contribution is 9.10. The number of benzene rings is 1. The van der Waals surface area contributed by atoms with E-state index in [1.165, 1.54) is 0 Å². The highest BCUT2D eigenvalue weighted by Crippen LogP contribution is 2.48. The Bertz CT molecular complexity index is 488. The van der Waals surface area contributed by atoms with Crippen molar-refractivity contribution < 1.29 is 9.53 Å². The molecule has 4 heteroatoms. The van der Waals surface area contributed by atoms with Gasteiger partial charge >= 0.3 is 0 Å². The van der Waals surface area contributed by atoms with Crippen molar-refractivity contribution in [1.29, 1.82) is 0 Å². The van der Waals surface area contributed by atoms with Gasteiger partial charge in [0.25, 0.3) is 0 Å². The van der Waals surface area contributed by atoms with Crippen LogP contribution in [0.5, 0.6) is 5.75 Å². The standard InChI is InChI=1S/C13H14BrNO2/c1-9-6-11(14)10(7-12(9)17-2)13(15-8-16)4-3-5-13/h6-7H,3-5H2,1-2H3. The molecule has 0 saturated heterocycles. The number of methoxy groups -OCH3 is 1. The molecule has 0 aliphatic heterocycles. The molecule has 90 valence electrons. The average molecular weight is 296 g/mol. The summed E-state index contributed by atoms with van der Waals surface area (Å²) in [5.74, 6) is 0.829. The first-order chi connectivity index (χ1) is 8.13. The predicted octanol–water partition coefficient (Wildman–Crippen LogP) is 3.48. The number of aryl methyl sites for hydroxylation is 1. The van der Waals surface area contributed by atoms with Gasteiger partial charge in [-0.1, -0.05) is 15.9 Å². The summed E-state index contributed by atoms with van der Waals surface area (Å²) in [5, 5.41) is 0.